The monoisotopic (exact) mass is 726 g/mol. The predicted octanol–water partition coefficient (Wildman–Crippen LogP) is 8.15. The summed E-state index contributed by atoms with van der Waals surface area (Å²) in [4.78, 5) is 39.1. The van der Waals surface area contributed by atoms with Crippen LogP contribution in [0.2, 0.25) is 5.02 Å². The van der Waals surface area contributed by atoms with Crippen LogP contribution in [0.15, 0.2) is 115 Å². The van der Waals surface area contributed by atoms with Crippen molar-refractivity contribution in [1.29, 1.82) is 0 Å². The SMILES string of the molecule is CC(C)(C)C[C@]1(c2ccc(-c3cnn(C(F)F)c3)cc2)N=C(NC(=O)OCc2ccccc2)N([C@H](CO)c2ccc(Cl)c(-c3ccccn3)c2)C1=O. The topological polar surface area (TPSA) is 122 Å². The molecular formula is C39H37ClF2N6O4. The van der Waals surface area contributed by atoms with Crippen molar-refractivity contribution in [2.75, 3.05) is 6.61 Å². The van der Waals surface area contributed by atoms with Gasteiger partial charge in [0.2, 0.25) is 5.96 Å². The van der Waals surface area contributed by atoms with Crippen LogP contribution in [0.5, 0.6) is 0 Å². The number of ether oxygens (including phenoxy) is 1. The highest BCUT2D eigenvalue weighted by Gasteiger charge is 2.54. The number of halogens is 3. The van der Waals surface area contributed by atoms with E-state index >= 15 is 4.79 Å². The lowest BCUT2D eigenvalue weighted by Crippen LogP contribution is -2.49. The average molecular weight is 727 g/mol. The molecule has 268 valence electrons. The van der Waals surface area contributed by atoms with Crippen molar-refractivity contribution < 1.29 is 28.2 Å². The van der Waals surface area contributed by atoms with Crippen molar-refractivity contribution in [2.45, 2.75) is 51.9 Å². The lowest BCUT2D eigenvalue weighted by molar-refractivity contribution is -0.135. The van der Waals surface area contributed by atoms with Crippen LogP contribution < -0.4 is 5.32 Å². The quantitative estimate of drug-likeness (QED) is 0.150. The van der Waals surface area contributed by atoms with Gasteiger partial charge in [-0.2, -0.15) is 13.9 Å². The number of amides is 2. The first-order valence-corrected chi connectivity index (χ1v) is 16.9. The zero-order chi connectivity index (χ0) is 37.0. The molecule has 1 aliphatic heterocycles. The van der Waals surface area contributed by atoms with Crippen LogP contribution in [-0.4, -0.2) is 49.3 Å². The highest BCUT2D eigenvalue weighted by molar-refractivity contribution is 6.33. The third-order valence-corrected chi connectivity index (χ3v) is 8.94. The number of aromatic nitrogens is 3. The van der Waals surface area contributed by atoms with Crippen LogP contribution in [0.3, 0.4) is 0 Å². The third kappa shape index (κ3) is 7.73. The van der Waals surface area contributed by atoms with Gasteiger partial charge in [-0.1, -0.05) is 99.1 Å². The molecule has 6 rings (SSSR count). The Bertz CT molecular complexity index is 2070. The Balaban J connectivity index is 1.43. The number of pyridine rings is 1. The number of nitrogens with one attached hydrogen (secondary N) is 1. The molecule has 0 radical (unpaired) electrons. The lowest BCUT2D eigenvalue weighted by Gasteiger charge is -2.34. The molecule has 2 N–H and O–H groups in total. The first kappa shape index (κ1) is 36.3. The molecule has 2 aromatic heterocycles. The van der Waals surface area contributed by atoms with Crippen LogP contribution in [0.4, 0.5) is 13.6 Å². The number of hydrogen-bond acceptors (Lipinski definition) is 7. The number of carbonyl (C=O) groups is 2. The Hall–Kier alpha value is -5.46. The molecule has 1 aliphatic rings. The Morgan fingerprint density at radius 3 is 2.37 bits per heavy atom. The van der Waals surface area contributed by atoms with E-state index in [2.05, 4.69) is 15.4 Å². The molecule has 0 spiro atoms. The maximum absolute atomic E-state index is 15.1. The van der Waals surface area contributed by atoms with Crippen molar-refractivity contribution in [3.8, 4) is 22.4 Å². The van der Waals surface area contributed by atoms with E-state index in [1.165, 1.54) is 17.3 Å². The number of alkyl halides is 2. The number of rotatable bonds is 10. The molecule has 0 saturated carbocycles. The summed E-state index contributed by atoms with van der Waals surface area (Å²) in [6.45, 7) is 2.56. The molecule has 0 bridgehead atoms. The van der Waals surface area contributed by atoms with Gasteiger partial charge in [-0.15, -0.1) is 0 Å². The first-order valence-electron chi connectivity index (χ1n) is 16.5. The molecule has 5 aromatic rings. The van der Waals surface area contributed by atoms with Gasteiger partial charge in [0.15, 0.2) is 5.54 Å². The minimum Gasteiger partial charge on any atom is -0.444 e. The number of aliphatic hydroxyl groups excluding tert-OH is 1. The maximum atomic E-state index is 15.1. The number of guanidine groups is 1. The fourth-order valence-corrected chi connectivity index (χ4v) is 6.53. The lowest BCUT2D eigenvalue weighted by atomic mass is 9.75. The van der Waals surface area contributed by atoms with E-state index in [0.717, 1.165) is 5.56 Å². The summed E-state index contributed by atoms with van der Waals surface area (Å²) < 4.78 is 32.6. The molecule has 0 saturated heterocycles. The van der Waals surface area contributed by atoms with Crippen molar-refractivity contribution >= 4 is 29.6 Å². The number of alkyl carbamates (subject to hydrolysis) is 1. The number of aliphatic imine (C=N–C) groups is 1. The van der Waals surface area contributed by atoms with Gasteiger partial charge in [0.05, 0.1) is 24.5 Å². The average Bonchev–Trinajstić information content (AvgIpc) is 3.73. The van der Waals surface area contributed by atoms with Gasteiger partial charge in [-0.25, -0.2) is 14.5 Å². The van der Waals surface area contributed by atoms with E-state index in [9.17, 15) is 18.7 Å². The largest absolute Gasteiger partial charge is 0.444 e. The third-order valence-electron chi connectivity index (χ3n) is 8.61. The molecule has 10 nitrogen and oxygen atoms in total. The van der Waals surface area contributed by atoms with Crippen molar-refractivity contribution in [3.05, 3.63) is 131 Å². The number of carbonyl (C=O) groups excluding carboxylic acids is 2. The predicted molar refractivity (Wildman–Crippen MR) is 193 cm³/mol. The molecule has 52 heavy (non-hydrogen) atoms. The molecule has 2 amide bonds. The van der Waals surface area contributed by atoms with Crippen LogP contribution in [0.1, 0.15) is 56.5 Å². The van der Waals surface area contributed by atoms with E-state index in [1.807, 2.05) is 57.2 Å². The summed E-state index contributed by atoms with van der Waals surface area (Å²) >= 11 is 6.60. The van der Waals surface area contributed by atoms with Gasteiger partial charge in [-0.05, 0) is 58.4 Å². The first-order chi connectivity index (χ1) is 24.9. The zero-order valence-electron chi connectivity index (χ0n) is 28.7. The molecular weight excluding hydrogens is 690 g/mol. The summed E-state index contributed by atoms with van der Waals surface area (Å²) in [5.41, 5.74) is 2.01. The Kier molecular flexibility index (Phi) is 10.5. The second kappa shape index (κ2) is 15.0. The number of benzene rings is 3. The summed E-state index contributed by atoms with van der Waals surface area (Å²) in [6, 6.07) is 25.5. The van der Waals surface area contributed by atoms with E-state index in [4.69, 9.17) is 21.3 Å². The molecule has 2 atom stereocenters. The summed E-state index contributed by atoms with van der Waals surface area (Å²) in [5, 5.41) is 17.8. The van der Waals surface area contributed by atoms with Gasteiger partial charge in [0.1, 0.15) is 6.61 Å². The summed E-state index contributed by atoms with van der Waals surface area (Å²) in [6.07, 6.45) is 3.58. The Labute approximate surface area is 304 Å². The van der Waals surface area contributed by atoms with Crippen LogP contribution in [0, 0.1) is 5.41 Å². The maximum Gasteiger partial charge on any atom is 0.414 e. The molecule has 3 aromatic carbocycles. The van der Waals surface area contributed by atoms with Gasteiger partial charge in [0, 0.05) is 28.5 Å². The summed E-state index contributed by atoms with van der Waals surface area (Å²) in [5.74, 6) is -0.601. The Morgan fingerprint density at radius 1 is 1.00 bits per heavy atom. The minimum atomic E-state index is -2.79. The number of hydrogen-bond donors (Lipinski definition) is 2. The van der Waals surface area contributed by atoms with Crippen molar-refractivity contribution in [2.24, 2.45) is 10.4 Å². The highest BCUT2D eigenvalue weighted by atomic mass is 35.5. The van der Waals surface area contributed by atoms with E-state index < -0.39 is 42.2 Å². The van der Waals surface area contributed by atoms with Crippen LogP contribution in [-0.2, 0) is 21.7 Å². The number of nitrogens with zero attached hydrogens (tertiary/aromatic N) is 5. The van der Waals surface area contributed by atoms with Gasteiger partial charge in [0.25, 0.3) is 5.91 Å². The van der Waals surface area contributed by atoms with Gasteiger partial charge < -0.3 is 9.84 Å². The van der Waals surface area contributed by atoms with Crippen LogP contribution >= 0.6 is 11.6 Å². The summed E-state index contributed by atoms with van der Waals surface area (Å²) in [7, 11) is 0. The highest BCUT2D eigenvalue weighted by Crippen LogP contribution is 2.45. The van der Waals surface area contributed by atoms with Gasteiger partial charge >= 0.3 is 12.6 Å². The second-order valence-electron chi connectivity index (χ2n) is 13.6. The molecule has 0 unspecified atom stereocenters. The van der Waals surface area contributed by atoms with Gasteiger partial charge in [-0.3, -0.25) is 20.0 Å². The molecule has 0 aliphatic carbocycles. The fourth-order valence-electron chi connectivity index (χ4n) is 6.32. The van der Waals surface area contributed by atoms with Crippen molar-refractivity contribution in [3.63, 3.8) is 0 Å². The van der Waals surface area contributed by atoms with E-state index in [0.29, 0.717) is 43.2 Å². The zero-order valence-corrected chi connectivity index (χ0v) is 29.5. The van der Waals surface area contributed by atoms with E-state index in [1.54, 1.807) is 60.8 Å². The second-order valence-corrected chi connectivity index (χ2v) is 14.0. The standard InChI is InChI=1S/C39H37ClF2N6O4/c1-38(2,3)24-39(29-15-12-26(13-16-29)28-20-44-47(21-28)35(41)42)34(50)48(36(46-39)45-37(51)52-23-25-9-5-4-6-10-25)33(22-49)27-14-17-31(40)30(19-27)32-11-7-8-18-43-32/h4-21,33,35,49H,22-24H2,1-3H3,(H,45,46,51)/t33-,39-/m1/s1. The minimum absolute atomic E-state index is 0.0291. The van der Waals surface area contributed by atoms with Crippen molar-refractivity contribution in [1.82, 2.24) is 25.0 Å². The Morgan fingerprint density at radius 2 is 1.73 bits per heavy atom. The molecule has 13 heteroatoms. The molecule has 0 fully saturated rings. The normalized spacial score (nSPS) is 16.6. The van der Waals surface area contributed by atoms with E-state index in [-0.39, 0.29) is 19.0 Å². The fraction of sp³-hybridized carbons (Fsp3) is 0.256. The smallest absolute Gasteiger partial charge is 0.414 e. The number of aliphatic hydroxyl groups is 1. The molecule has 3 heterocycles. The van der Waals surface area contributed by atoms with Crippen LogP contribution in [0.25, 0.3) is 22.4 Å².